The van der Waals surface area contributed by atoms with Crippen LogP contribution in [-0.4, -0.2) is 42.1 Å². The van der Waals surface area contributed by atoms with Crippen molar-refractivity contribution in [2.24, 2.45) is 0 Å². The van der Waals surface area contributed by atoms with Crippen molar-refractivity contribution in [2.75, 3.05) is 25.5 Å². The van der Waals surface area contributed by atoms with Crippen LogP contribution in [0.4, 0.5) is 28.0 Å². The second-order valence-electron chi connectivity index (χ2n) is 9.91. The van der Waals surface area contributed by atoms with Gasteiger partial charge in [0, 0.05) is 11.1 Å². The Bertz CT molecular complexity index is 1130. The third-order valence-electron chi connectivity index (χ3n) is 7.47. The van der Waals surface area contributed by atoms with E-state index in [1.807, 2.05) is 20.2 Å². The SMILES string of the molecule is Cc1cc(C(F)(F)P)ncc1N1CC2(CCC(c3cccc(C(F)(F)P)c3)(N(C)C)CC2)NC1=O. The molecule has 2 heterocycles. The molecule has 1 aliphatic heterocycles. The van der Waals surface area contributed by atoms with E-state index >= 15 is 0 Å². The maximum absolute atomic E-state index is 14.0. The molecule has 11 heteroatoms. The maximum atomic E-state index is 14.0. The number of pyridine rings is 1. The second-order valence-corrected chi connectivity index (χ2v) is 11.4. The van der Waals surface area contributed by atoms with Crippen LogP contribution in [0, 0.1) is 6.92 Å². The van der Waals surface area contributed by atoms with Crippen molar-refractivity contribution in [3.63, 3.8) is 0 Å². The van der Waals surface area contributed by atoms with Crippen LogP contribution in [0.3, 0.4) is 0 Å². The number of nitrogens with zero attached hydrogens (tertiary/aromatic N) is 3. The van der Waals surface area contributed by atoms with Gasteiger partial charge < -0.3 is 5.32 Å². The monoisotopic (exact) mass is 528 g/mol. The number of rotatable bonds is 5. The first-order chi connectivity index (χ1) is 16.2. The average molecular weight is 528 g/mol. The van der Waals surface area contributed by atoms with Crippen molar-refractivity contribution in [2.45, 2.75) is 55.0 Å². The van der Waals surface area contributed by atoms with E-state index in [4.69, 9.17) is 0 Å². The molecule has 1 saturated carbocycles. The summed E-state index contributed by atoms with van der Waals surface area (Å²) >= 11 is 0. The predicted octanol–water partition coefficient (Wildman–Crippen LogP) is 5.54. The third-order valence-corrected chi connectivity index (χ3v) is 8.10. The van der Waals surface area contributed by atoms with Gasteiger partial charge in [-0.15, -0.1) is 0 Å². The van der Waals surface area contributed by atoms with Crippen molar-refractivity contribution in [3.05, 3.63) is 58.9 Å². The normalized spacial score (nSPS) is 25.4. The fraction of sp³-hybridized carbons (Fsp3) is 0.500. The van der Waals surface area contributed by atoms with Crippen LogP contribution in [0.5, 0.6) is 0 Å². The maximum Gasteiger partial charge on any atom is 0.322 e. The number of anilines is 1. The van der Waals surface area contributed by atoms with Crippen molar-refractivity contribution >= 4 is 30.2 Å². The molecule has 0 radical (unpaired) electrons. The van der Waals surface area contributed by atoms with Crippen LogP contribution in [-0.2, 0) is 16.9 Å². The van der Waals surface area contributed by atoms with Crippen LogP contribution >= 0.6 is 18.5 Å². The lowest BCUT2D eigenvalue weighted by Crippen LogP contribution is -2.54. The Hall–Kier alpha value is -1.82. The Balaban J connectivity index is 1.57. The van der Waals surface area contributed by atoms with Gasteiger partial charge in [0.1, 0.15) is 5.69 Å². The Morgan fingerprint density at radius 1 is 1.06 bits per heavy atom. The molecule has 2 fully saturated rings. The topological polar surface area (TPSA) is 48.5 Å². The largest absolute Gasteiger partial charge is 0.330 e. The first-order valence-corrected chi connectivity index (χ1v) is 12.5. The first-order valence-electron chi connectivity index (χ1n) is 11.4. The summed E-state index contributed by atoms with van der Waals surface area (Å²) in [6, 6.07) is 7.55. The van der Waals surface area contributed by atoms with Crippen molar-refractivity contribution in [1.29, 1.82) is 0 Å². The van der Waals surface area contributed by atoms with Gasteiger partial charge in [-0.1, -0.05) is 36.7 Å². The molecular formula is C24H30F4N4OP2. The van der Waals surface area contributed by atoms with Gasteiger partial charge in [-0.25, -0.2) is 4.79 Å². The fourth-order valence-corrected chi connectivity index (χ4v) is 5.69. The molecule has 2 amide bonds. The molecule has 2 atom stereocenters. The van der Waals surface area contributed by atoms with Crippen molar-refractivity contribution in [3.8, 4) is 0 Å². The molecule has 1 aliphatic carbocycles. The smallest absolute Gasteiger partial charge is 0.322 e. The number of alkyl halides is 4. The third kappa shape index (κ3) is 4.92. The molecule has 1 N–H and O–H groups in total. The molecule has 1 aromatic carbocycles. The summed E-state index contributed by atoms with van der Waals surface area (Å²) in [6.07, 6.45) is 3.93. The number of benzene rings is 1. The first kappa shape index (κ1) is 26.2. The number of aromatic nitrogens is 1. The van der Waals surface area contributed by atoms with E-state index < -0.39 is 22.4 Å². The van der Waals surface area contributed by atoms with Gasteiger partial charge in [0.25, 0.3) is 11.3 Å². The number of aryl methyl sites for hydroxylation is 1. The number of hydrogen-bond donors (Lipinski definition) is 1. The molecule has 4 rings (SSSR count). The Morgan fingerprint density at radius 3 is 2.26 bits per heavy atom. The van der Waals surface area contributed by atoms with Crippen molar-refractivity contribution < 1.29 is 22.4 Å². The summed E-state index contributed by atoms with van der Waals surface area (Å²) in [4.78, 5) is 20.5. The molecule has 1 saturated heterocycles. The van der Waals surface area contributed by atoms with Crippen molar-refractivity contribution in [1.82, 2.24) is 15.2 Å². The highest BCUT2D eigenvalue weighted by atomic mass is 31.0. The predicted molar refractivity (Wildman–Crippen MR) is 135 cm³/mol. The zero-order valence-corrected chi connectivity index (χ0v) is 22.2. The van der Waals surface area contributed by atoms with Crippen LogP contribution < -0.4 is 10.2 Å². The number of halogens is 4. The molecular weight excluding hydrogens is 498 g/mol. The van der Waals surface area contributed by atoms with Gasteiger partial charge in [-0.2, -0.15) is 17.6 Å². The van der Waals surface area contributed by atoms with Gasteiger partial charge in [0.15, 0.2) is 0 Å². The minimum atomic E-state index is -3.14. The van der Waals surface area contributed by atoms with Crippen LogP contribution in [0.2, 0.25) is 0 Å². The summed E-state index contributed by atoms with van der Waals surface area (Å²) in [7, 11) is 6.95. The minimum absolute atomic E-state index is 0.0515. The number of nitrogens with one attached hydrogen (secondary N) is 1. The molecule has 5 nitrogen and oxygen atoms in total. The molecule has 35 heavy (non-hydrogen) atoms. The van der Waals surface area contributed by atoms with Gasteiger partial charge in [-0.05, 0) is 70.0 Å². The summed E-state index contributed by atoms with van der Waals surface area (Å²) in [5, 5.41) is 3.12. The Labute approximate surface area is 207 Å². The summed E-state index contributed by atoms with van der Waals surface area (Å²) in [5.74, 6) is 0. The zero-order chi connectivity index (χ0) is 25.8. The minimum Gasteiger partial charge on any atom is -0.330 e. The van der Waals surface area contributed by atoms with Crippen LogP contribution in [0.1, 0.15) is 48.1 Å². The van der Waals surface area contributed by atoms with Gasteiger partial charge in [0.2, 0.25) is 0 Å². The molecule has 2 aromatic rings. The van der Waals surface area contributed by atoms with E-state index in [1.54, 1.807) is 33.2 Å². The second kappa shape index (κ2) is 8.93. The molecule has 1 spiro atoms. The van der Waals surface area contributed by atoms with E-state index in [1.165, 1.54) is 27.6 Å². The van der Waals surface area contributed by atoms with E-state index in [2.05, 4.69) is 15.2 Å². The number of hydrogen-bond acceptors (Lipinski definition) is 3. The van der Waals surface area contributed by atoms with E-state index in [0.717, 1.165) is 5.56 Å². The van der Waals surface area contributed by atoms with E-state index in [9.17, 15) is 22.4 Å². The summed E-state index contributed by atoms with van der Waals surface area (Å²) in [6.45, 7) is 2.07. The molecule has 1 aromatic heterocycles. The van der Waals surface area contributed by atoms with E-state index in [-0.39, 0.29) is 17.3 Å². The lowest BCUT2D eigenvalue weighted by atomic mass is 9.68. The molecule has 0 bridgehead atoms. The van der Waals surface area contributed by atoms with Crippen LogP contribution in [0.15, 0.2) is 36.5 Å². The van der Waals surface area contributed by atoms with Gasteiger partial charge in [-0.3, -0.25) is 14.8 Å². The van der Waals surface area contributed by atoms with Gasteiger partial charge >= 0.3 is 6.03 Å². The Kier molecular flexibility index (Phi) is 6.70. The van der Waals surface area contributed by atoms with E-state index in [0.29, 0.717) is 43.5 Å². The summed E-state index contributed by atoms with van der Waals surface area (Å²) < 4.78 is 55.2. The standard InChI is InChI=1S/C24H30F4N4OP2/c1-15-11-19(24(27,28)35)29-13-18(15)32-14-21(30-20(32)33)7-9-22(10-8-21,31(2)3)16-5-4-6-17(12-16)23(25,26)34/h4-6,11-13H,7-10,14,34-35H2,1-3H3,(H,30,33). The molecule has 2 aliphatic rings. The summed E-state index contributed by atoms with van der Waals surface area (Å²) in [5.41, 5.74) is -5.65. The molecule has 190 valence electrons. The highest BCUT2D eigenvalue weighted by Crippen LogP contribution is 2.48. The number of urea groups is 1. The highest BCUT2D eigenvalue weighted by molar-refractivity contribution is 7.17. The zero-order valence-electron chi connectivity index (χ0n) is 19.9. The van der Waals surface area contributed by atoms with Crippen LogP contribution in [0.25, 0.3) is 0 Å². The number of carbonyl (C=O) groups is 1. The Morgan fingerprint density at radius 2 is 1.71 bits per heavy atom. The quantitative estimate of drug-likeness (QED) is 0.410. The fourth-order valence-electron chi connectivity index (χ4n) is 5.35. The number of amides is 2. The number of carbonyl (C=O) groups excluding carboxylic acids is 1. The molecule has 2 unspecified atom stereocenters. The van der Waals surface area contributed by atoms with Gasteiger partial charge in [0.05, 0.1) is 24.0 Å². The average Bonchev–Trinajstić information content (AvgIpc) is 3.08. The highest BCUT2D eigenvalue weighted by Gasteiger charge is 2.50. The lowest BCUT2D eigenvalue weighted by Gasteiger charge is -2.48. The lowest BCUT2D eigenvalue weighted by molar-refractivity contribution is 0.0646.